The van der Waals surface area contributed by atoms with Crippen LogP contribution in [0.4, 0.5) is 4.39 Å². The smallest absolute Gasteiger partial charge is 0.126 e. The van der Waals surface area contributed by atoms with Gasteiger partial charge in [-0.25, -0.2) is 4.39 Å². The van der Waals surface area contributed by atoms with Crippen molar-refractivity contribution in [3.05, 3.63) is 53.1 Å². The SMILES string of the molecule is CCCNC(Cc1ccccc1F)c1cc(C)nn1C. The van der Waals surface area contributed by atoms with E-state index in [9.17, 15) is 4.39 Å². The summed E-state index contributed by atoms with van der Waals surface area (Å²) in [6.07, 6.45) is 1.68. The molecule has 20 heavy (non-hydrogen) atoms. The number of hydrogen-bond acceptors (Lipinski definition) is 2. The molecule has 1 N–H and O–H groups in total. The fraction of sp³-hybridized carbons (Fsp3) is 0.438. The Bertz CT molecular complexity index is 563. The van der Waals surface area contributed by atoms with Gasteiger partial charge in [0.1, 0.15) is 5.82 Å². The van der Waals surface area contributed by atoms with Gasteiger partial charge in [-0.2, -0.15) is 5.10 Å². The van der Waals surface area contributed by atoms with E-state index in [1.807, 2.05) is 30.8 Å². The maximum atomic E-state index is 13.8. The molecule has 0 radical (unpaired) electrons. The van der Waals surface area contributed by atoms with Crippen LogP contribution in [-0.2, 0) is 13.5 Å². The molecule has 1 aromatic heterocycles. The van der Waals surface area contributed by atoms with Gasteiger partial charge in [0.25, 0.3) is 0 Å². The van der Waals surface area contributed by atoms with Gasteiger partial charge in [0.15, 0.2) is 0 Å². The van der Waals surface area contributed by atoms with Crippen LogP contribution in [0.25, 0.3) is 0 Å². The molecule has 1 atom stereocenters. The Morgan fingerprint density at radius 3 is 2.70 bits per heavy atom. The zero-order valence-electron chi connectivity index (χ0n) is 12.4. The Balaban J connectivity index is 2.24. The van der Waals surface area contributed by atoms with Gasteiger partial charge < -0.3 is 5.32 Å². The van der Waals surface area contributed by atoms with Crippen LogP contribution < -0.4 is 5.32 Å². The third-order valence-corrected chi connectivity index (χ3v) is 3.42. The van der Waals surface area contributed by atoms with E-state index in [4.69, 9.17) is 0 Å². The fourth-order valence-corrected chi connectivity index (χ4v) is 2.44. The number of hydrogen-bond donors (Lipinski definition) is 1. The van der Waals surface area contributed by atoms with E-state index in [1.54, 1.807) is 6.07 Å². The quantitative estimate of drug-likeness (QED) is 0.877. The Morgan fingerprint density at radius 2 is 2.10 bits per heavy atom. The van der Waals surface area contributed by atoms with E-state index >= 15 is 0 Å². The summed E-state index contributed by atoms with van der Waals surface area (Å²) in [6.45, 7) is 5.01. The fourth-order valence-electron chi connectivity index (χ4n) is 2.44. The van der Waals surface area contributed by atoms with Crippen LogP contribution in [0.1, 0.15) is 36.3 Å². The zero-order chi connectivity index (χ0) is 14.5. The normalized spacial score (nSPS) is 12.6. The van der Waals surface area contributed by atoms with Crippen LogP contribution in [0.5, 0.6) is 0 Å². The molecule has 0 saturated carbocycles. The Kier molecular flexibility index (Phi) is 4.90. The minimum absolute atomic E-state index is 0.0815. The van der Waals surface area contributed by atoms with Gasteiger partial charge in [-0.05, 0) is 44.0 Å². The monoisotopic (exact) mass is 275 g/mol. The Morgan fingerprint density at radius 1 is 1.35 bits per heavy atom. The van der Waals surface area contributed by atoms with Crippen LogP contribution in [0.2, 0.25) is 0 Å². The highest BCUT2D eigenvalue weighted by atomic mass is 19.1. The molecule has 108 valence electrons. The molecule has 0 aliphatic carbocycles. The molecule has 0 aliphatic rings. The molecule has 0 spiro atoms. The molecular weight excluding hydrogens is 253 g/mol. The number of nitrogens with zero attached hydrogens (tertiary/aromatic N) is 2. The number of benzene rings is 1. The highest BCUT2D eigenvalue weighted by Crippen LogP contribution is 2.20. The Hall–Kier alpha value is -1.68. The summed E-state index contributed by atoms with van der Waals surface area (Å²) in [7, 11) is 1.93. The van der Waals surface area contributed by atoms with E-state index in [-0.39, 0.29) is 11.9 Å². The summed E-state index contributed by atoms with van der Waals surface area (Å²) >= 11 is 0. The molecule has 0 aliphatic heterocycles. The van der Waals surface area contributed by atoms with Crippen molar-refractivity contribution < 1.29 is 4.39 Å². The average Bonchev–Trinajstić information content (AvgIpc) is 2.75. The molecule has 1 heterocycles. The highest BCUT2D eigenvalue weighted by Gasteiger charge is 2.17. The number of aryl methyl sites for hydroxylation is 2. The molecule has 0 amide bonds. The van der Waals surface area contributed by atoms with Crippen LogP contribution in [0.15, 0.2) is 30.3 Å². The lowest BCUT2D eigenvalue weighted by Gasteiger charge is -2.19. The summed E-state index contributed by atoms with van der Waals surface area (Å²) in [6, 6.07) is 9.11. The maximum Gasteiger partial charge on any atom is 0.126 e. The number of halogens is 1. The van der Waals surface area contributed by atoms with Gasteiger partial charge in [-0.1, -0.05) is 25.1 Å². The average molecular weight is 275 g/mol. The summed E-state index contributed by atoms with van der Waals surface area (Å²) in [5.74, 6) is -0.144. The van der Waals surface area contributed by atoms with Crippen LogP contribution in [0.3, 0.4) is 0 Å². The summed E-state index contributed by atoms with van der Waals surface area (Å²) in [4.78, 5) is 0. The van der Waals surface area contributed by atoms with E-state index in [0.717, 1.165) is 29.9 Å². The highest BCUT2D eigenvalue weighted by molar-refractivity contribution is 5.22. The van der Waals surface area contributed by atoms with Crippen molar-refractivity contribution >= 4 is 0 Å². The molecule has 4 heteroatoms. The van der Waals surface area contributed by atoms with E-state index in [1.165, 1.54) is 6.07 Å². The molecule has 2 aromatic rings. The predicted molar refractivity (Wildman–Crippen MR) is 79.1 cm³/mol. The van der Waals surface area contributed by atoms with E-state index in [2.05, 4.69) is 23.4 Å². The first-order chi connectivity index (χ1) is 9.61. The van der Waals surface area contributed by atoms with Crippen LogP contribution >= 0.6 is 0 Å². The predicted octanol–water partition coefficient (Wildman–Crippen LogP) is 3.15. The topological polar surface area (TPSA) is 29.9 Å². The molecular formula is C16H22FN3. The van der Waals surface area contributed by atoms with Crippen molar-refractivity contribution in [2.24, 2.45) is 7.05 Å². The first-order valence-corrected chi connectivity index (χ1v) is 7.09. The van der Waals surface area contributed by atoms with Gasteiger partial charge in [0.2, 0.25) is 0 Å². The number of rotatable bonds is 6. The second-order valence-electron chi connectivity index (χ2n) is 5.14. The molecule has 3 nitrogen and oxygen atoms in total. The first-order valence-electron chi connectivity index (χ1n) is 7.09. The van der Waals surface area contributed by atoms with Gasteiger partial charge in [0, 0.05) is 7.05 Å². The Labute approximate surface area is 119 Å². The number of aromatic nitrogens is 2. The molecule has 0 saturated heterocycles. The second-order valence-corrected chi connectivity index (χ2v) is 5.14. The molecule has 2 rings (SSSR count). The minimum Gasteiger partial charge on any atom is -0.308 e. The third kappa shape index (κ3) is 3.45. The standard InChI is InChI=1S/C16H22FN3/c1-4-9-18-15(16-10-12(2)19-20(16)3)11-13-7-5-6-8-14(13)17/h5-8,10,15,18H,4,9,11H2,1-3H3. The van der Waals surface area contributed by atoms with Crippen LogP contribution in [-0.4, -0.2) is 16.3 Å². The third-order valence-electron chi connectivity index (χ3n) is 3.42. The summed E-state index contributed by atoms with van der Waals surface area (Å²) < 4.78 is 15.7. The lowest BCUT2D eigenvalue weighted by Crippen LogP contribution is -2.26. The van der Waals surface area contributed by atoms with Gasteiger partial charge in [-0.15, -0.1) is 0 Å². The van der Waals surface area contributed by atoms with Crippen molar-refractivity contribution in [2.75, 3.05) is 6.54 Å². The van der Waals surface area contributed by atoms with Crippen LogP contribution in [0, 0.1) is 12.7 Å². The van der Waals surface area contributed by atoms with Crippen molar-refractivity contribution in [3.63, 3.8) is 0 Å². The van der Waals surface area contributed by atoms with Crippen molar-refractivity contribution in [3.8, 4) is 0 Å². The largest absolute Gasteiger partial charge is 0.308 e. The van der Waals surface area contributed by atoms with Crippen molar-refractivity contribution in [1.82, 2.24) is 15.1 Å². The zero-order valence-corrected chi connectivity index (χ0v) is 12.4. The molecule has 1 aromatic carbocycles. The summed E-state index contributed by atoms with van der Waals surface area (Å²) in [5, 5.41) is 7.88. The van der Waals surface area contributed by atoms with Gasteiger partial charge in [-0.3, -0.25) is 4.68 Å². The number of nitrogens with one attached hydrogen (secondary N) is 1. The molecule has 0 bridgehead atoms. The second kappa shape index (κ2) is 6.66. The van der Waals surface area contributed by atoms with Crippen molar-refractivity contribution in [1.29, 1.82) is 0 Å². The van der Waals surface area contributed by atoms with Gasteiger partial charge >= 0.3 is 0 Å². The lowest BCUT2D eigenvalue weighted by atomic mass is 10.0. The van der Waals surface area contributed by atoms with Gasteiger partial charge in [0.05, 0.1) is 17.4 Å². The van der Waals surface area contributed by atoms with Crippen molar-refractivity contribution in [2.45, 2.75) is 32.7 Å². The first kappa shape index (κ1) is 14.7. The van der Waals surface area contributed by atoms with E-state index in [0.29, 0.717) is 6.42 Å². The molecule has 0 fully saturated rings. The van der Waals surface area contributed by atoms with E-state index < -0.39 is 0 Å². The lowest BCUT2D eigenvalue weighted by molar-refractivity contribution is 0.482. The minimum atomic E-state index is -0.144. The summed E-state index contributed by atoms with van der Waals surface area (Å²) in [5.41, 5.74) is 2.82. The molecule has 1 unspecified atom stereocenters. The maximum absolute atomic E-state index is 13.8.